The maximum absolute atomic E-state index is 11.0. The van der Waals surface area contributed by atoms with Gasteiger partial charge in [0.25, 0.3) is 0 Å². The summed E-state index contributed by atoms with van der Waals surface area (Å²) >= 11 is 0. The van der Waals surface area contributed by atoms with E-state index in [-0.39, 0.29) is 17.2 Å². The Kier molecular flexibility index (Phi) is 6.35. The number of hydrogen-bond donors (Lipinski definition) is 3. The summed E-state index contributed by atoms with van der Waals surface area (Å²) in [6.07, 6.45) is 0. The molecule has 35 heavy (non-hydrogen) atoms. The number of rotatable bonds is 5. The van der Waals surface area contributed by atoms with Crippen LogP contribution < -0.4 is 9.64 Å². The minimum Gasteiger partial charge on any atom is -0.508 e. The Labute approximate surface area is 206 Å². The van der Waals surface area contributed by atoms with Crippen molar-refractivity contribution in [3.05, 3.63) is 94.0 Å². The van der Waals surface area contributed by atoms with Gasteiger partial charge >= 0.3 is 0 Å². The molecule has 0 aliphatic heterocycles. The maximum atomic E-state index is 11.0. The van der Waals surface area contributed by atoms with Crippen molar-refractivity contribution in [2.75, 3.05) is 4.90 Å². The number of benzene rings is 4. The fourth-order valence-electron chi connectivity index (χ4n) is 4.25. The van der Waals surface area contributed by atoms with Crippen molar-refractivity contribution >= 4 is 17.1 Å². The summed E-state index contributed by atoms with van der Waals surface area (Å²) in [6.45, 7) is 11.7. The second kappa shape index (κ2) is 9.26. The minimum atomic E-state index is 0.110. The van der Waals surface area contributed by atoms with Crippen LogP contribution >= 0.6 is 0 Å². The quantitative estimate of drug-likeness (QED) is 0.277. The van der Waals surface area contributed by atoms with E-state index in [1.165, 1.54) is 0 Å². The Bertz CT molecular complexity index is 1370. The molecule has 4 aromatic rings. The summed E-state index contributed by atoms with van der Waals surface area (Å²) in [4.78, 5) is 1.88. The average molecular weight is 470 g/mol. The summed E-state index contributed by atoms with van der Waals surface area (Å²) in [6, 6.07) is 18.1. The summed E-state index contributed by atoms with van der Waals surface area (Å²) in [7, 11) is 0. The molecule has 0 aliphatic rings. The van der Waals surface area contributed by atoms with Gasteiger partial charge in [0.1, 0.15) is 28.7 Å². The lowest BCUT2D eigenvalue weighted by atomic mass is 10.0. The molecular formula is C30H31NO4. The topological polar surface area (TPSA) is 73.2 Å². The van der Waals surface area contributed by atoms with Crippen molar-refractivity contribution in [3.63, 3.8) is 0 Å². The number of phenols is 3. The predicted molar refractivity (Wildman–Crippen MR) is 141 cm³/mol. The van der Waals surface area contributed by atoms with E-state index in [9.17, 15) is 15.3 Å². The van der Waals surface area contributed by atoms with E-state index in [4.69, 9.17) is 4.74 Å². The molecule has 0 saturated heterocycles. The van der Waals surface area contributed by atoms with Crippen molar-refractivity contribution < 1.29 is 20.1 Å². The molecule has 0 radical (unpaired) electrons. The third-order valence-electron chi connectivity index (χ3n) is 6.61. The number of hydrogen-bond acceptors (Lipinski definition) is 5. The first-order chi connectivity index (χ1) is 16.6. The normalized spacial score (nSPS) is 10.9. The zero-order valence-corrected chi connectivity index (χ0v) is 21.0. The van der Waals surface area contributed by atoms with Crippen molar-refractivity contribution in [3.8, 4) is 28.7 Å². The van der Waals surface area contributed by atoms with Crippen molar-refractivity contribution in [1.82, 2.24) is 0 Å². The predicted octanol–water partition coefficient (Wildman–Crippen LogP) is 7.92. The molecule has 3 N–H and O–H groups in total. The van der Waals surface area contributed by atoms with Crippen LogP contribution in [0.15, 0.2) is 60.7 Å². The molecule has 0 fully saturated rings. The van der Waals surface area contributed by atoms with Gasteiger partial charge in [-0.2, -0.15) is 0 Å². The van der Waals surface area contributed by atoms with E-state index in [0.717, 1.165) is 33.4 Å². The monoisotopic (exact) mass is 469 g/mol. The van der Waals surface area contributed by atoms with Crippen LogP contribution in [-0.4, -0.2) is 15.3 Å². The number of aryl methyl sites for hydroxylation is 4. The van der Waals surface area contributed by atoms with E-state index in [2.05, 4.69) is 0 Å². The smallest absolute Gasteiger partial charge is 0.139 e. The van der Waals surface area contributed by atoms with E-state index >= 15 is 0 Å². The largest absolute Gasteiger partial charge is 0.508 e. The molecular weight excluding hydrogens is 438 g/mol. The molecule has 0 aromatic heterocycles. The van der Waals surface area contributed by atoms with Crippen LogP contribution in [0.1, 0.15) is 33.4 Å². The average Bonchev–Trinajstić information content (AvgIpc) is 2.82. The maximum Gasteiger partial charge on any atom is 0.139 e. The van der Waals surface area contributed by atoms with E-state index in [1.54, 1.807) is 18.2 Å². The number of anilines is 3. The standard InChI is InChI=1S/C30H31NO4/c1-17-10-12-25(32)29(21(17)5)31(30-22(6)18(2)11-13-26(30)33)23-8-7-9-24(15-23)35-28-16-27(34)19(3)14-20(28)4/h7-16,32-34H,1-6H3. The molecule has 4 rings (SSSR count). The van der Waals surface area contributed by atoms with Crippen LogP contribution in [0.5, 0.6) is 28.7 Å². The summed E-state index contributed by atoms with van der Waals surface area (Å²) in [5.74, 6) is 1.51. The Morgan fingerprint density at radius 2 is 1.14 bits per heavy atom. The second-order valence-corrected chi connectivity index (χ2v) is 9.09. The Balaban J connectivity index is 1.92. The molecule has 0 spiro atoms. The SMILES string of the molecule is Cc1cc(C)c(Oc2cccc(N(c3c(O)ccc(C)c3C)c3c(O)ccc(C)c3C)c2)cc1O. The highest BCUT2D eigenvalue weighted by Gasteiger charge is 2.24. The molecule has 5 heteroatoms. The lowest BCUT2D eigenvalue weighted by molar-refractivity contribution is 0.450. The number of ether oxygens (including phenoxy) is 1. The molecule has 0 amide bonds. The van der Waals surface area contributed by atoms with Crippen LogP contribution in [0.25, 0.3) is 0 Å². The zero-order valence-electron chi connectivity index (χ0n) is 21.0. The van der Waals surface area contributed by atoms with Gasteiger partial charge in [0.2, 0.25) is 0 Å². The van der Waals surface area contributed by atoms with E-state index < -0.39 is 0 Å². The molecule has 0 unspecified atom stereocenters. The van der Waals surface area contributed by atoms with Crippen LogP contribution in [0.2, 0.25) is 0 Å². The molecule has 0 atom stereocenters. The fourth-order valence-corrected chi connectivity index (χ4v) is 4.25. The molecule has 0 bridgehead atoms. The Morgan fingerprint density at radius 1 is 0.571 bits per heavy atom. The highest BCUT2D eigenvalue weighted by atomic mass is 16.5. The van der Waals surface area contributed by atoms with Crippen molar-refractivity contribution in [2.24, 2.45) is 0 Å². The summed E-state index contributed by atoms with van der Waals surface area (Å²) < 4.78 is 6.16. The van der Waals surface area contributed by atoms with E-state index in [0.29, 0.717) is 28.6 Å². The van der Waals surface area contributed by atoms with Gasteiger partial charge in [-0.1, -0.05) is 18.2 Å². The Hall–Kier alpha value is -4.12. The van der Waals surface area contributed by atoms with Crippen LogP contribution in [0.4, 0.5) is 17.1 Å². The lowest BCUT2D eigenvalue weighted by Gasteiger charge is -2.31. The van der Waals surface area contributed by atoms with Gasteiger partial charge in [-0.25, -0.2) is 0 Å². The van der Waals surface area contributed by atoms with Gasteiger partial charge in [0, 0.05) is 12.1 Å². The Morgan fingerprint density at radius 3 is 1.71 bits per heavy atom. The molecule has 180 valence electrons. The van der Waals surface area contributed by atoms with E-state index in [1.807, 2.05) is 88.9 Å². The highest BCUT2D eigenvalue weighted by Crippen LogP contribution is 2.48. The fraction of sp³-hybridized carbons (Fsp3) is 0.200. The summed E-state index contributed by atoms with van der Waals surface area (Å²) in [5.41, 5.74) is 7.42. The van der Waals surface area contributed by atoms with Gasteiger partial charge in [0.15, 0.2) is 0 Å². The van der Waals surface area contributed by atoms with Gasteiger partial charge < -0.3 is 25.0 Å². The highest BCUT2D eigenvalue weighted by molar-refractivity contribution is 5.87. The third kappa shape index (κ3) is 4.50. The van der Waals surface area contributed by atoms with Gasteiger partial charge in [-0.3, -0.25) is 0 Å². The first-order valence-corrected chi connectivity index (χ1v) is 11.5. The van der Waals surface area contributed by atoms with Crippen LogP contribution in [0, 0.1) is 41.5 Å². The minimum absolute atomic E-state index is 0.110. The third-order valence-corrected chi connectivity index (χ3v) is 6.61. The first-order valence-electron chi connectivity index (χ1n) is 11.5. The molecule has 0 saturated carbocycles. The van der Waals surface area contributed by atoms with Crippen molar-refractivity contribution in [2.45, 2.75) is 41.5 Å². The van der Waals surface area contributed by atoms with Gasteiger partial charge in [-0.15, -0.1) is 0 Å². The van der Waals surface area contributed by atoms with Crippen LogP contribution in [-0.2, 0) is 0 Å². The number of nitrogens with zero attached hydrogens (tertiary/aromatic N) is 1. The van der Waals surface area contributed by atoms with Crippen molar-refractivity contribution in [1.29, 1.82) is 0 Å². The number of phenolic OH excluding ortho intramolecular Hbond substituents is 3. The number of aromatic hydroxyl groups is 3. The molecule has 0 heterocycles. The molecule has 4 aromatic carbocycles. The second-order valence-electron chi connectivity index (χ2n) is 9.09. The first kappa shape index (κ1) is 24.0. The van der Waals surface area contributed by atoms with Gasteiger partial charge in [0.05, 0.1) is 17.1 Å². The lowest BCUT2D eigenvalue weighted by Crippen LogP contribution is -2.14. The molecule has 0 aliphatic carbocycles. The van der Waals surface area contributed by atoms with Crippen LogP contribution in [0.3, 0.4) is 0 Å². The summed E-state index contributed by atoms with van der Waals surface area (Å²) in [5, 5.41) is 32.1. The van der Waals surface area contributed by atoms with Gasteiger partial charge in [-0.05, 0) is 105 Å². The zero-order chi connectivity index (χ0) is 25.4. The molecule has 5 nitrogen and oxygen atoms in total.